The van der Waals surface area contributed by atoms with Crippen LogP contribution in [0, 0.1) is 0 Å². The molecule has 0 aliphatic carbocycles. The maximum absolute atomic E-state index is 2.12. The molecule has 0 amide bonds. The molecule has 0 heterocycles. The molecule has 0 spiro atoms. The highest BCUT2D eigenvalue weighted by Crippen LogP contribution is 1.73. The van der Waals surface area contributed by atoms with Gasteiger partial charge < -0.3 is 4.48 Å². The zero-order valence-corrected chi connectivity index (χ0v) is 4.45. The molecule has 0 saturated heterocycles. The summed E-state index contributed by atoms with van der Waals surface area (Å²) in [7, 11) is 8.50. The van der Waals surface area contributed by atoms with Crippen molar-refractivity contribution >= 4 is 0 Å². The van der Waals surface area contributed by atoms with E-state index in [4.69, 9.17) is 0 Å². The third-order valence-corrected chi connectivity index (χ3v) is 0. The minimum absolute atomic E-state index is 0. The van der Waals surface area contributed by atoms with Crippen molar-refractivity contribution in [2.45, 2.75) is 0 Å². The SMILES string of the molecule is C[N+](C)(C)C.[2HH]. The van der Waals surface area contributed by atoms with Gasteiger partial charge in [0.25, 0.3) is 0 Å². The largest absolute Gasteiger partial charge is 0.333 e. The van der Waals surface area contributed by atoms with Crippen molar-refractivity contribution in [1.29, 1.82) is 0 Å². The third-order valence-electron chi connectivity index (χ3n) is 0. The summed E-state index contributed by atoms with van der Waals surface area (Å²) in [5.41, 5.74) is 0. The summed E-state index contributed by atoms with van der Waals surface area (Å²) in [4.78, 5) is 0. The second-order valence-electron chi connectivity index (χ2n) is 2.68. The van der Waals surface area contributed by atoms with Gasteiger partial charge in [-0.25, -0.2) is 0 Å². The van der Waals surface area contributed by atoms with Crippen LogP contribution in [0.2, 0.25) is 0 Å². The Labute approximate surface area is 35.3 Å². The van der Waals surface area contributed by atoms with Gasteiger partial charge in [-0.05, 0) is 0 Å². The van der Waals surface area contributed by atoms with E-state index < -0.39 is 0 Å². The summed E-state index contributed by atoms with van der Waals surface area (Å²) in [6, 6.07) is 0. The highest BCUT2D eigenvalue weighted by Gasteiger charge is 1.88. The molecule has 0 aliphatic rings. The van der Waals surface area contributed by atoms with Gasteiger partial charge in [0.05, 0.1) is 28.2 Å². The summed E-state index contributed by atoms with van der Waals surface area (Å²) in [6.07, 6.45) is 0. The molecule has 0 aromatic carbocycles. The number of quaternary nitrogens is 1. The van der Waals surface area contributed by atoms with Crippen molar-refractivity contribution < 1.29 is 5.91 Å². The van der Waals surface area contributed by atoms with Crippen molar-refractivity contribution in [2.75, 3.05) is 28.2 Å². The van der Waals surface area contributed by atoms with E-state index in [0.29, 0.717) is 0 Å². The Kier molecular flexibility index (Phi) is 0.969. The zero-order valence-electron chi connectivity index (χ0n) is 4.45. The van der Waals surface area contributed by atoms with Crippen LogP contribution < -0.4 is 0 Å². The smallest absolute Gasteiger partial charge is 0.0675 e. The van der Waals surface area contributed by atoms with Crippen LogP contribution in [0.1, 0.15) is 1.43 Å². The highest BCUT2D eigenvalue weighted by molar-refractivity contribution is 3.87. The van der Waals surface area contributed by atoms with Gasteiger partial charge in [-0.2, -0.15) is 0 Å². The van der Waals surface area contributed by atoms with Crippen LogP contribution in [0.25, 0.3) is 0 Å². The van der Waals surface area contributed by atoms with Gasteiger partial charge in [0, 0.05) is 1.43 Å². The minimum Gasteiger partial charge on any atom is -0.333 e. The molecule has 0 atom stereocenters. The fourth-order valence-electron chi connectivity index (χ4n) is 0. The minimum atomic E-state index is 0. The van der Waals surface area contributed by atoms with Crippen LogP contribution in [-0.2, 0) is 0 Å². The van der Waals surface area contributed by atoms with Crippen LogP contribution in [0.4, 0.5) is 0 Å². The molecule has 0 radical (unpaired) electrons. The predicted octanol–water partition coefficient (Wildman–Crippen LogP) is 0.568. The quantitative estimate of drug-likeness (QED) is 0.371. The third kappa shape index (κ3) is 9510. The van der Waals surface area contributed by atoms with E-state index in [1.54, 1.807) is 0 Å². The Bertz CT molecular complexity index is 23.0. The molecule has 0 bridgehead atoms. The Balaban J connectivity index is 0. The van der Waals surface area contributed by atoms with E-state index in [0.717, 1.165) is 4.48 Å². The lowest BCUT2D eigenvalue weighted by atomic mass is 10.8. The highest BCUT2D eigenvalue weighted by atomic mass is 15.2. The van der Waals surface area contributed by atoms with Crippen LogP contribution in [0.5, 0.6) is 0 Å². The van der Waals surface area contributed by atoms with E-state index in [1.165, 1.54) is 0 Å². The van der Waals surface area contributed by atoms with E-state index in [9.17, 15) is 0 Å². The van der Waals surface area contributed by atoms with Gasteiger partial charge in [-0.3, -0.25) is 0 Å². The fraction of sp³-hybridized carbons (Fsp3) is 1.00. The predicted molar refractivity (Wildman–Crippen MR) is 26.1 cm³/mol. The summed E-state index contributed by atoms with van der Waals surface area (Å²) in [5.74, 6) is 0. The second kappa shape index (κ2) is 0.977. The molecule has 0 saturated carbocycles. The van der Waals surface area contributed by atoms with Crippen molar-refractivity contribution in [3.63, 3.8) is 0 Å². The van der Waals surface area contributed by atoms with E-state index in [1.807, 2.05) is 0 Å². The molecule has 0 unspecified atom stereocenters. The normalized spacial score (nSPS) is 12.0. The molecular formula is C4H14N+. The Morgan fingerprint density at radius 1 is 1.00 bits per heavy atom. The molecule has 1 heteroatoms. The van der Waals surface area contributed by atoms with Gasteiger partial charge in [0.1, 0.15) is 0 Å². The van der Waals surface area contributed by atoms with Gasteiger partial charge in [-0.15, -0.1) is 0 Å². The summed E-state index contributed by atoms with van der Waals surface area (Å²) in [6.45, 7) is 0. The first-order chi connectivity index (χ1) is 2.00. The average Bonchev–Trinajstić information content (AvgIpc) is 0.722. The first kappa shape index (κ1) is 4.96. The first-order valence-corrected chi connectivity index (χ1v) is 1.79. The summed E-state index contributed by atoms with van der Waals surface area (Å²) >= 11 is 0. The van der Waals surface area contributed by atoms with Gasteiger partial charge in [0.15, 0.2) is 0 Å². The molecular weight excluding hydrogens is 62.1 g/mol. The van der Waals surface area contributed by atoms with Crippen LogP contribution in [0.15, 0.2) is 0 Å². The first-order valence-electron chi connectivity index (χ1n) is 1.79. The number of nitrogens with zero attached hydrogens (tertiary/aromatic N) is 1. The molecule has 0 fully saturated rings. The standard InChI is InChI=1S/C4H12N.H2/c1-5(2,3)4;/h1-4H3;1H/q+1;/i;1+1. The average molecular weight is 77.2 g/mol. The Hall–Kier alpha value is -0.0400. The topological polar surface area (TPSA) is 0 Å². The van der Waals surface area contributed by atoms with Crippen molar-refractivity contribution in [1.82, 2.24) is 0 Å². The maximum Gasteiger partial charge on any atom is 0.0675 e. The fourth-order valence-corrected chi connectivity index (χ4v) is 0. The van der Waals surface area contributed by atoms with Crippen molar-refractivity contribution in [2.24, 2.45) is 0 Å². The van der Waals surface area contributed by atoms with Gasteiger partial charge in [0.2, 0.25) is 0 Å². The Morgan fingerprint density at radius 3 is 1.00 bits per heavy atom. The molecule has 34 valence electrons. The van der Waals surface area contributed by atoms with E-state index in [2.05, 4.69) is 28.2 Å². The van der Waals surface area contributed by atoms with E-state index in [-0.39, 0.29) is 1.43 Å². The molecule has 0 aromatic heterocycles. The lowest BCUT2D eigenvalue weighted by Gasteiger charge is -2.14. The molecule has 5 heavy (non-hydrogen) atoms. The van der Waals surface area contributed by atoms with Crippen LogP contribution >= 0.6 is 0 Å². The summed E-state index contributed by atoms with van der Waals surface area (Å²) < 4.78 is 1.00. The number of hydrogen-bond donors (Lipinski definition) is 0. The van der Waals surface area contributed by atoms with Crippen molar-refractivity contribution in [3.8, 4) is 0 Å². The molecule has 0 rings (SSSR count). The monoisotopic (exact) mass is 77.1 g/mol. The van der Waals surface area contributed by atoms with Gasteiger partial charge in [-0.1, -0.05) is 0 Å². The lowest BCUT2D eigenvalue weighted by Crippen LogP contribution is -2.27. The number of rotatable bonds is 0. The second-order valence-corrected chi connectivity index (χ2v) is 2.68. The van der Waals surface area contributed by atoms with Gasteiger partial charge >= 0.3 is 0 Å². The van der Waals surface area contributed by atoms with Crippen LogP contribution in [-0.4, -0.2) is 32.7 Å². The lowest BCUT2D eigenvalue weighted by molar-refractivity contribution is -0.849. The Morgan fingerprint density at radius 2 is 1.00 bits per heavy atom. The molecule has 0 aromatic rings. The molecule has 0 N–H and O–H groups in total. The van der Waals surface area contributed by atoms with E-state index >= 15 is 0 Å². The van der Waals surface area contributed by atoms with Crippen LogP contribution in [0.3, 0.4) is 0 Å². The van der Waals surface area contributed by atoms with Crippen molar-refractivity contribution in [3.05, 3.63) is 0 Å². The molecule has 0 aliphatic heterocycles. The zero-order chi connectivity index (χ0) is 4.50. The molecule has 1 nitrogen and oxygen atoms in total. The summed E-state index contributed by atoms with van der Waals surface area (Å²) in [5, 5.41) is 0. The number of hydrogen-bond acceptors (Lipinski definition) is 0. The maximum atomic E-state index is 2.12.